The molecule has 0 aromatic carbocycles. The first-order chi connectivity index (χ1) is 15.1. The van der Waals surface area contributed by atoms with Crippen molar-refractivity contribution in [2.45, 2.75) is 24.4 Å². The third-order valence-corrected chi connectivity index (χ3v) is 8.04. The van der Waals surface area contributed by atoms with Gasteiger partial charge in [0.2, 0.25) is 0 Å². The van der Waals surface area contributed by atoms with Gasteiger partial charge in [-0.05, 0) is 18.2 Å². The van der Waals surface area contributed by atoms with Crippen molar-refractivity contribution in [1.82, 2.24) is 9.97 Å². The van der Waals surface area contributed by atoms with Gasteiger partial charge in [-0.1, -0.05) is 0 Å². The van der Waals surface area contributed by atoms with Crippen molar-refractivity contribution in [3.05, 3.63) is 34.1 Å². The SMILES string of the molecule is Nc1ccc2cc([C@@H]3O[C@H](COP(=O)(O)OP(=O)(O)OP(=O)(O)O)[C@@H](O)[C@H]3O)c(=O)[nH]c2n1. The van der Waals surface area contributed by atoms with E-state index in [0.29, 0.717) is 5.39 Å². The first kappa shape index (κ1) is 26.1. The molecular weight excluding hydrogens is 515 g/mol. The highest BCUT2D eigenvalue weighted by atomic mass is 31.3. The zero-order valence-electron chi connectivity index (χ0n) is 16.1. The molecule has 1 aliphatic heterocycles. The summed E-state index contributed by atoms with van der Waals surface area (Å²) in [5.41, 5.74) is 4.85. The maximum absolute atomic E-state index is 12.4. The van der Waals surface area contributed by atoms with Crippen molar-refractivity contribution >= 4 is 40.3 Å². The van der Waals surface area contributed by atoms with Crippen molar-refractivity contribution in [2.75, 3.05) is 12.3 Å². The second kappa shape index (κ2) is 9.24. The number of ether oxygens (including phenoxy) is 1. The third-order valence-electron chi connectivity index (χ3n) is 4.24. The zero-order chi connectivity index (χ0) is 24.8. The maximum Gasteiger partial charge on any atom is 0.490 e. The molecule has 3 rings (SSSR count). The average molecular weight is 533 g/mol. The number of nitrogen functional groups attached to an aromatic ring is 1. The van der Waals surface area contributed by atoms with Gasteiger partial charge in [0, 0.05) is 10.9 Å². The number of aliphatic hydroxyl groups excluding tert-OH is 2. The van der Waals surface area contributed by atoms with E-state index in [1.807, 2.05) is 0 Å². The minimum absolute atomic E-state index is 0.124. The van der Waals surface area contributed by atoms with Crippen LogP contribution in [-0.2, 0) is 31.6 Å². The lowest BCUT2D eigenvalue weighted by Crippen LogP contribution is -2.33. The molecule has 0 bridgehead atoms. The van der Waals surface area contributed by atoms with Crippen LogP contribution in [0.5, 0.6) is 0 Å². The molecule has 17 nitrogen and oxygen atoms in total. The quantitative estimate of drug-likeness (QED) is 0.189. The minimum atomic E-state index is -5.73. The fraction of sp³-hybridized carbons (Fsp3) is 0.385. The number of hydrogen-bond acceptors (Lipinski definition) is 12. The first-order valence-corrected chi connectivity index (χ1v) is 13.2. The summed E-state index contributed by atoms with van der Waals surface area (Å²) < 4.78 is 50.7. The van der Waals surface area contributed by atoms with E-state index >= 15 is 0 Å². The van der Waals surface area contributed by atoms with Gasteiger partial charge in [0.1, 0.15) is 35.9 Å². The van der Waals surface area contributed by atoms with E-state index in [9.17, 15) is 33.6 Å². The molecule has 0 saturated carbocycles. The van der Waals surface area contributed by atoms with Crippen molar-refractivity contribution in [1.29, 1.82) is 0 Å². The van der Waals surface area contributed by atoms with Gasteiger partial charge in [0.05, 0.1) is 6.61 Å². The van der Waals surface area contributed by atoms with Crippen LogP contribution in [0.4, 0.5) is 5.82 Å². The van der Waals surface area contributed by atoms with Gasteiger partial charge in [0.15, 0.2) is 0 Å². The lowest BCUT2D eigenvalue weighted by atomic mass is 10.0. The standard InChI is InChI=1S/C13H18N3O14P3/c14-8-2-1-5-3-6(13(19)16-12(5)15-8)11-10(18)9(17)7(28-11)4-27-32(23,24)30-33(25,26)29-31(20,21)22/h1-3,7,9-11,17-18H,4H2,(H,23,24)(H,25,26)(H2,20,21,22)(H3,14,15,16,19)/t7-,9-,10-,11+/m1/s1. The van der Waals surface area contributed by atoms with Gasteiger partial charge in [-0.3, -0.25) is 9.32 Å². The number of phosphoric acid groups is 3. The number of nitrogens with one attached hydrogen (secondary N) is 1. The number of pyridine rings is 2. The molecule has 1 saturated heterocycles. The van der Waals surface area contributed by atoms with Crippen molar-refractivity contribution in [3.8, 4) is 0 Å². The molecule has 2 aromatic heterocycles. The van der Waals surface area contributed by atoms with E-state index in [2.05, 4.69) is 23.1 Å². The molecule has 0 radical (unpaired) electrons. The molecular formula is C13H18N3O14P3. The van der Waals surface area contributed by atoms with Crippen LogP contribution in [0.25, 0.3) is 11.0 Å². The Hall–Kier alpha value is -1.55. The number of nitrogens with zero attached hydrogens (tertiary/aromatic N) is 1. The van der Waals surface area contributed by atoms with Gasteiger partial charge >= 0.3 is 23.5 Å². The molecule has 184 valence electrons. The highest BCUT2D eigenvalue weighted by Crippen LogP contribution is 2.66. The third kappa shape index (κ3) is 6.53. The fourth-order valence-corrected chi connectivity index (χ4v) is 5.97. The molecule has 20 heteroatoms. The zero-order valence-corrected chi connectivity index (χ0v) is 18.7. The summed E-state index contributed by atoms with van der Waals surface area (Å²) in [5, 5.41) is 20.9. The predicted octanol–water partition coefficient (Wildman–Crippen LogP) is -0.990. The van der Waals surface area contributed by atoms with Crippen molar-refractivity contribution in [2.24, 2.45) is 0 Å². The van der Waals surface area contributed by atoms with Gasteiger partial charge in [-0.25, -0.2) is 18.7 Å². The summed E-state index contributed by atoms with van der Waals surface area (Å²) in [6.07, 6.45) is -6.39. The van der Waals surface area contributed by atoms with Gasteiger partial charge in [0.25, 0.3) is 5.56 Å². The van der Waals surface area contributed by atoms with E-state index < -0.39 is 60.1 Å². The summed E-state index contributed by atoms with van der Waals surface area (Å²) >= 11 is 0. The number of fused-ring (bicyclic) bond motifs is 1. The first-order valence-electron chi connectivity index (χ1n) is 8.66. The number of aliphatic hydroxyl groups is 2. The molecule has 33 heavy (non-hydrogen) atoms. The van der Waals surface area contributed by atoms with Crippen LogP contribution >= 0.6 is 23.5 Å². The summed E-state index contributed by atoms with van der Waals surface area (Å²) in [6.45, 7) is -1.01. The fourth-order valence-electron chi connectivity index (χ4n) is 2.94. The Labute approximate surface area is 183 Å². The number of hydrogen-bond donors (Lipinski definition) is 8. The molecule has 3 heterocycles. The monoisotopic (exact) mass is 533 g/mol. The number of nitrogens with two attached hydrogens (primary N) is 1. The Morgan fingerprint density at radius 3 is 2.36 bits per heavy atom. The minimum Gasteiger partial charge on any atom is -0.387 e. The lowest BCUT2D eigenvalue weighted by molar-refractivity contribution is -0.0225. The van der Waals surface area contributed by atoms with Crippen LogP contribution in [0.15, 0.2) is 23.0 Å². The number of rotatable bonds is 8. The molecule has 2 unspecified atom stereocenters. The van der Waals surface area contributed by atoms with Crippen LogP contribution in [0.2, 0.25) is 0 Å². The summed E-state index contributed by atoms with van der Waals surface area (Å²) in [6, 6.07) is 4.31. The van der Waals surface area contributed by atoms with Gasteiger partial charge < -0.3 is 45.2 Å². The normalized spacial score (nSPS) is 27.3. The van der Waals surface area contributed by atoms with E-state index in [1.54, 1.807) is 0 Å². The van der Waals surface area contributed by atoms with Crippen LogP contribution in [-0.4, -0.2) is 64.7 Å². The Morgan fingerprint density at radius 1 is 1.06 bits per heavy atom. The second-order valence-electron chi connectivity index (χ2n) is 6.69. The molecule has 1 aliphatic rings. The largest absolute Gasteiger partial charge is 0.490 e. The van der Waals surface area contributed by atoms with Crippen LogP contribution in [0.3, 0.4) is 0 Å². The highest BCUT2D eigenvalue weighted by Gasteiger charge is 2.47. The summed E-state index contributed by atoms with van der Waals surface area (Å²) in [4.78, 5) is 54.4. The molecule has 9 N–H and O–H groups in total. The van der Waals surface area contributed by atoms with E-state index in [0.717, 1.165) is 0 Å². The lowest BCUT2D eigenvalue weighted by Gasteiger charge is -2.19. The Balaban J connectivity index is 1.73. The van der Waals surface area contributed by atoms with Crippen LogP contribution in [0.1, 0.15) is 11.7 Å². The van der Waals surface area contributed by atoms with Crippen LogP contribution < -0.4 is 11.3 Å². The number of H-pyrrole nitrogens is 1. The molecule has 0 spiro atoms. The van der Waals surface area contributed by atoms with Crippen LogP contribution in [0, 0.1) is 0 Å². The Bertz CT molecular complexity index is 1250. The number of aromatic amines is 1. The van der Waals surface area contributed by atoms with Gasteiger partial charge in [-0.15, -0.1) is 0 Å². The average Bonchev–Trinajstić information content (AvgIpc) is 2.91. The maximum atomic E-state index is 12.4. The topological polar surface area (TPSA) is 281 Å². The predicted molar refractivity (Wildman–Crippen MR) is 106 cm³/mol. The summed E-state index contributed by atoms with van der Waals surface area (Å²) in [5.74, 6) is 0.143. The van der Waals surface area contributed by atoms with Crippen molar-refractivity contribution in [3.63, 3.8) is 0 Å². The highest BCUT2D eigenvalue weighted by molar-refractivity contribution is 7.66. The Kier molecular flexibility index (Phi) is 7.30. The van der Waals surface area contributed by atoms with Crippen molar-refractivity contribution < 1.29 is 61.4 Å². The molecule has 0 amide bonds. The molecule has 1 fully saturated rings. The van der Waals surface area contributed by atoms with E-state index in [4.69, 9.17) is 25.2 Å². The summed E-state index contributed by atoms with van der Waals surface area (Å²) in [7, 11) is -16.8. The molecule has 6 atom stereocenters. The van der Waals surface area contributed by atoms with E-state index in [1.165, 1.54) is 18.2 Å². The number of aromatic nitrogens is 2. The van der Waals surface area contributed by atoms with E-state index in [-0.39, 0.29) is 17.0 Å². The Morgan fingerprint density at radius 2 is 1.73 bits per heavy atom. The molecule has 0 aliphatic carbocycles. The molecule has 2 aromatic rings. The number of anilines is 1. The van der Waals surface area contributed by atoms with Gasteiger partial charge in [-0.2, -0.15) is 8.62 Å². The second-order valence-corrected chi connectivity index (χ2v) is 11.1. The smallest absolute Gasteiger partial charge is 0.387 e. The number of phosphoric ester groups is 1.